The minimum absolute atomic E-state index is 0.233. The van der Waals surface area contributed by atoms with Gasteiger partial charge in [0.25, 0.3) is 0 Å². The first kappa shape index (κ1) is 9.09. The van der Waals surface area contributed by atoms with Crippen LogP contribution in [0.2, 0.25) is 0 Å². The maximum Gasteiger partial charge on any atom is 0.115 e. The van der Waals surface area contributed by atoms with Gasteiger partial charge in [-0.15, -0.1) is 0 Å². The topological polar surface area (TPSA) is 58.0 Å². The second kappa shape index (κ2) is 5.62. The Labute approximate surface area is 71.7 Å². The van der Waals surface area contributed by atoms with Crippen LogP contribution in [0.3, 0.4) is 0 Å². The molecule has 0 saturated heterocycles. The molecule has 1 heterocycles. The Balaban J connectivity index is 2.16. The largest absolute Gasteiger partial charge is 0.396 e. The summed E-state index contributed by atoms with van der Waals surface area (Å²) in [6, 6.07) is 1.87. The molecule has 0 fully saturated rings. The number of hydrogen-bond donors (Lipinski definition) is 2. The van der Waals surface area contributed by atoms with Gasteiger partial charge in [-0.1, -0.05) is 0 Å². The third-order valence-electron chi connectivity index (χ3n) is 1.46. The minimum Gasteiger partial charge on any atom is -0.396 e. The van der Waals surface area contributed by atoms with Gasteiger partial charge in [0.2, 0.25) is 0 Å². The molecule has 0 unspecified atom stereocenters. The zero-order valence-electron chi connectivity index (χ0n) is 6.90. The fourth-order valence-electron chi connectivity index (χ4n) is 0.843. The highest BCUT2D eigenvalue weighted by Crippen LogP contribution is 1.88. The molecule has 4 nitrogen and oxygen atoms in total. The highest BCUT2D eigenvalue weighted by molar-refractivity contribution is 4.96. The van der Waals surface area contributed by atoms with Gasteiger partial charge in [0.15, 0.2) is 0 Å². The number of hydrogen-bond acceptors (Lipinski definition) is 4. The molecule has 0 spiro atoms. The van der Waals surface area contributed by atoms with Crippen LogP contribution in [-0.2, 0) is 6.54 Å². The van der Waals surface area contributed by atoms with Gasteiger partial charge in [-0.25, -0.2) is 9.97 Å². The molecule has 0 amide bonds. The van der Waals surface area contributed by atoms with Gasteiger partial charge in [0, 0.05) is 19.3 Å². The Hall–Kier alpha value is -1.00. The van der Waals surface area contributed by atoms with E-state index in [1.807, 2.05) is 6.07 Å². The molecule has 12 heavy (non-hydrogen) atoms. The summed E-state index contributed by atoms with van der Waals surface area (Å²) in [5, 5.41) is 11.7. The number of aliphatic hydroxyl groups is 1. The molecule has 1 aromatic rings. The molecular weight excluding hydrogens is 154 g/mol. The van der Waals surface area contributed by atoms with E-state index in [2.05, 4.69) is 15.3 Å². The van der Waals surface area contributed by atoms with Crippen molar-refractivity contribution in [3.63, 3.8) is 0 Å². The first-order chi connectivity index (χ1) is 5.93. The van der Waals surface area contributed by atoms with E-state index in [-0.39, 0.29) is 6.61 Å². The molecule has 0 saturated carbocycles. The SMILES string of the molecule is OCCCNCc1ccncn1. The van der Waals surface area contributed by atoms with Crippen molar-refractivity contribution in [2.45, 2.75) is 13.0 Å². The molecule has 0 aliphatic carbocycles. The Bertz CT molecular complexity index is 203. The first-order valence-electron chi connectivity index (χ1n) is 4.00. The monoisotopic (exact) mass is 167 g/mol. The van der Waals surface area contributed by atoms with E-state index in [1.54, 1.807) is 6.20 Å². The van der Waals surface area contributed by atoms with Crippen LogP contribution in [-0.4, -0.2) is 28.2 Å². The molecule has 0 aromatic carbocycles. The maximum atomic E-state index is 8.50. The molecule has 2 N–H and O–H groups in total. The summed E-state index contributed by atoms with van der Waals surface area (Å²) < 4.78 is 0. The van der Waals surface area contributed by atoms with Gasteiger partial charge in [-0.2, -0.15) is 0 Å². The fourth-order valence-corrected chi connectivity index (χ4v) is 0.843. The average Bonchev–Trinajstić information content (AvgIpc) is 2.14. The zero-order chi connectivity index (χ0) is 8.65. The van der Waals surface area contributed by atoms with Gasteiger partial charge < -0.3 is 10.4 Å². The van der Waals surface area contributed by atoms with Crippen LogP contribution in [0.4, 0.5) is 0 Å². The summed E-state index contributed by atoms with van der Waals surface area (Å²) in [5.41, 5.74) is 0.975. The smallest absolute Gasteiger partial charge is 0.115 e. The molecule has 0 radical (unpaired) electrons. The summed E-state index contributed by atoms with van der Waals surface area (Å²) in [6.45, 7) is 1.79. The summed E-state index contributed by atoms with van der Waals surface area (Å²) >= 11 is 0. The second-order valence-corrected chi connectivity index (χ2v) is 2.45. The molecule has 1 rings (SSSR count). The van der Waals surface area contributed by atoms with Crippen LogP contribution in [0.25, 0.3) is 0 Å². The fraction of sp³-hybridized carbons (Fsp3) is 0.500. The average molecular weight is 167 g/mol. The van der Waals surface area contributed by atoms with Crippen molar-refractivity contribution in [3.8, 4) is 0 Å². The Kier molecular flexibility index (Phi) is 4.26. The van der Waals surface area contributed by atoms with Crippen molar-refractivity contribution in [3.05, 3.63) is 24.3 Å². The normalized spacial score (nSPS) is 10.1. The van der Waals surface area contributed by atoms with Crippen LogP contribution < -0.4 is 5.32 Å². The Morgan fingerprint density at radius 1 is 1.50 bits per heavy atom. The molecule has 66 valence electrons. The summed E-state index contributed by atoms with van der Waals surface area (Å²) in [6.07, 6.45) is 4.03. The molecular formula is C8H13N3O. The van der Waals surface area contributed by atoms with E-state index in [0.717, 1.165) is 25.2 Å². The predicted molar refractivity (Wildman–Crippen MR) is 45.4 cm³/mol. The van der Waals surface area contributed by atoms with Gasteiger partial charge in [0.1, 0.15) is 6.33 Å². The number of aromatic nitrogens is 2. The van der Waals surface area contributed by atoms with E-state index in [9.17, 15) is 0 Å². The number of rotatable bonds is 5. The van der Waals surface area contributed by atoms with Crippen LogP contribution in [0.1, 0.15) is 12.1 Å². The van der Waals surface area contributed by atoms with E-state index >= 15 is 0 Å². The van der Waals surface area contributed by atoms with Crippen molar-refractivity contribution in [1.29, 1.82) is 0 Å². The third kappa shape index (κ3) is 3.41. The van der Waals surface area contributed by atoms with Gasteiger partial charge in [0.05, 0.1) is 5.69 Å². The number of nitrogens with one attached hydrogen (secondary N) is 1. The van der Waals surface area contributed by atoms with Crippen molar-refractivity contribution in [2.75, 3.05) is 13.2 Å². The summed E-state index contributed by atoms with van der Waals surface area (Å²) in [4.78, 5) is 7.85. The molecule has 0 atom stereocenters. The molecule has 0 bridgehead atoms. The molecule has 4 heteroatoms. The quantitative estimate of drug-likeness (QED) is 0.604. The van der Waals surface area contributed by atoms with Crippen LogP contribution in [0, 0.1) is 0 Å². The molecule has 0 aliphatic heterocycles. The van der Waals surface area contributed by atoms with Crippen LogP contribution in [0.15, 0.2) is 18.6 Å². The summed E-state index contributed by atoms with van der Waals surface area (Å²) in [7, 11) is 0. The van der Waals surface area contributed by atoms with Crippen molar-refractivity contribution >= 4 is 0 Å². The highest BCUT2D eigenvalue weighted by Gasteiger charge is 1.90. The van der Waals surface area contributed by atoms with E-state index < -0.39 is 0 Å². The number of nitrogens with zero attached hydrogens (tertiary/aromatic N) is 2. The van der Waals surface area contributed by atoms with Gasteiger partial charge in [-0.05, 0) is 19.0 Å². The van der Waals surface area contributed by atoms with E-state index in [4.69, 9.17) is 5.11 Å². The van der Waals surface area contributed by atoms with Gasteiger partial charge in [-0.3, -0.25) is 0 Å². The van der Waals surface area contributed by atoms with Crippen LogP contribution >= 0.6 is 0 Å². The Morgan fingerprint density at radius 2 is 2.42 bits per heavy atom. The standard InChI is InChI=1S/C8H13N3O/c12-5-1-3-9-6-8-2-4-10-7-11-8/h2,4,7,9,12H,1,3,5-6H2. The molecule has 0 aliphatic rings. The molecule has 1 aromatic heterocycles. The minimum atomic E-state index is 0.233. The third-order valence-corrected chi connectivity index (χ3v) is 1.46. The van der Waals surface area contributed by atoms with Crippen molar-refractivity contribution in [2.24, 2.45) is 0 Å². The van der Waals surface area contributed by atoms with Crippen molar-refractivity contribution in [1.82, 2.24) is 15.3 Å². The van der Waals surface area contributed by atoms with Crippen molar-refractivity contribution < 1.29 is 5.11 Å². The summed E-state index contributed by atoms with van der Waals surface area (Å²) in [5.74, 6) is 0. The lowest BCUT2D eigenvalue weighted by atomic mass is 10.4. The van der Waals surface area contributed by atoms with E-state index in [0.29, 0.717) is 0 Å². The van der Waals surface area contributed by atoms with Crippen LogP contribution in [0.5, 0.6) is 0 Å². The van der Waals surface area contributed by atoms with Gasteiger partial charge >= 0.3 is 0 Å². The lowest BCUT2D eigenvalue weighted by Crippen LogP contribution is -2.16. The first-order valence-corrected chi connectivity index (χ1v) is 4.00. The lowest BCUT2D eigenvalue weighted by Gasteiger charge is -2.01. The highest BCUT2D eigenvalue weighted by atomic mass is 16.3. The lowest BCUT2D eigenvalue weighted by molar-refractivity contribution is 0.286. The van der Waals surface area contributed by atoms with E-state index in [1.165, 1.54) is 6.33 Å². The maximum absolute atomic E-state index is 8.50. The predicted octanol–water partition coefficient (Wildman–Crippen LogP) is -0.0514. The zero-order valence-corrected chi connectivity index (χ0v) is 6.90. The Morgan fingerprint density at radius 3 is 3.08 bits per heavy atom. The second-order valence-electron chi connectivity index (χ2n) is 2.45. The number of aliphatic hydroxyl groups excluding tert-OH is 1.